The quantitative estimate of drug-likeness (QED) is 0.826. The van der Waals surface area contributed by atoms with Crippen molar-refractivity contribution in [2.75, 3.05) is 13.1 Å². The summed E-state index contributed by atoms with van der Waals surface area (Å²) in [7, 11) is 0. The molecular formula is C18H22N4O3. The third kappa shape index (κ3) is 3.31. The number of hydrogen-bond acceptors (Lipinski definition) is 4. The molecule has 0 unspecified atom stereocenters. The highest BCUT2D eigenvalue weighted by atomic mass is 16.3. The second-order valence-electron chi connectivity index (χ2n) is 6.81. The first kappa shape index (κ1) is 15.9. The average molecular weight is 342 g/mol. The summed E-state index contributed by atoms with van der Waals surface area (Å²) in [5.74, 6) is 0.627. The molecule has 7 nitrogen and oxygen atoms in total. The third-order valence-corrected chi connectivity index (χ3v) is 5.11. The van der Waals surface area contributed by atoms with Crippen LogP contribution in [0.15, 0.2) is 41.3 Å². The van der Waals surface area contributed by atoms with Gasteiger partial charge in [-0.25, -0.2) is 0 Å². The predicted molar refractivity (Wildman–Crippen MR) is 89.2 cm³/mol. The molecule has 4 heterocycles. The van der Waals surface area contributed by atoms with Gasteiger partial charge in [-0.15, -0.1) is 0 Å². The number of furan rings is 1. The van der Waals surface area contributed by atoms with Crippen molar-refractivity contribution in [2.24, 2.45) is 5.92 Å². The largest absolute Gasteiger partial charge is 0.467 e. The van der Waals surface area contributed by atoms with E-state index in [2.05, 4.69) is 5.10 Å². The molecule has 2 atom stereocenters. The lowest BCUT2D eigenvalue weighted by Gasteiger charge is -2.27. The molecule has 2 aromatic heterocycles. The van der Waals surface area contributed by atoms with Crippen LogP contribution in [0, 0.1) is 5.92 Å². The second kappa shape index (κ2) is 6.74. The molecule has 0 saturated carbocycles. The molecular weight excluding hydrogens is 320 g/mol. The smallest absolute Gasteiger partial charge is 0.228 e. The molecule has 2 aliphatic rings. The Hall–Kier alpha value is -2.57. The molecule has 0 N–H and O–H groups in total. The van der Waals surface area contributed by atoms with Gasteiger partial charge >= 0.3 is 0 Å². The van der Waals surface area contributed by atoms with E-state index in [1.54, 1.807) is 17.4 Å². The summed E-state index contributed by atoms with van der Waals surface area (Å²) in [4.78, 5) is 28.9. The van der Waals surface area contributed by atoms with Crippen LogP contribution in [0.2, 0.25) is 0 Å². The number of carbonyl (C=O) groups is 2. The number of nitrogens with zero attached hydrogens (tertiary/aromatic N) is 4. The summed E-state index contributed by atoms with van der Waals surface area (Å²) < 4.78 is 7.19. The normalized spacial score (nSPS) is 23.6. The van der Waals surface area contributed by atoms with Gasteiger partial charge in [-0.05, 0) is 31.0 Å². The highest BCUT2D eigenvalue weighted by Crippen LogP contribution is 2.27. The lowest BCUT2D eigenvalue weighted by atomic mass is 10.1. The maximum Gasteiger partial charge on any atom is 0.228 e. The fourth-order valence-electron chi connectivity index (χ4n) is 3.86. The van der Waals surface area contributed by atoms with Crippen LogP contribution in [0.5, 0.6) is 0 Å². The first-order valence-corrected chi connectivity index (χ1v) is 8.79. The lowest BCUT2D eigenvalue weighted by molar-refractivity contribution is -0.136. The zero-order valence-electron chi connectivity index (χ0n) is 14.1. The number of rotatable bonds is 5. The van der Waals surface area contributed by atoms with Crippen molar-refractivity contribution in [1.29, 1.82) is 0 Å². The van der Waals surface area contributed by atoms with Gasteiger partial charge in [0.1, 0.15) is 5.76 Å². The molecule has 2 saturated heterocycles. The molecule has 7 heteroatoms. The monoisotopic (exact) mass is 342 g/mol. The van der Waals surface area contributed by atoms with Crippen molar-refractivity contribution in [1.82, 2.24) is 19.6 Å². The summed E-state index contributed by atoms with van der Waals surface area (Å²) in [6.07, 6.45) is 7.57. The predicted octanol–water partition coefficient (Wildman–Crippen LogP) is 1.52. The Labute approximate surface area is 146 Å². The number of amides is 2. The summed E-state index contributed by atoms with van der Waals surface area (Å²) in [5.41, 5.74) is 0. The van der Waals surface area contributed by atoms with Crippen LogP contribution >= 0.6 is 0 Å². The molecule has 25 heavy (non-hydrogen) atoms. The number of likely N-dealkylation sites (tertiary alicyclic amines) is 2. The van der Waals surface area contributed by atoms with Crippen molar-refractivity contribution in [3.63, 3.8) is 0 Å². The fraction of sp³-hybridized carbons (Fsp3) is 0.500. The molecule has 2 fully saturated rings. The molecule has 2 aliphatic heterocycles. The average Bonchev–Trinajstić information content (AvgIpc) is 3.37. The summed E-state index contributed by atoms with van der Waals surface area (Å²) in [6, 6.07) is 5.72. The van der Waals surface area contributed by atoms with E-state index < -0.39 is 0 Å². The van der Waals surface area contributed by atoms with E-state index in [1.807, 2.05) is 34.0 Å². The zero-order chi connectivity index (χ0) is 17.2. The SMILES string of the molecule is O=C1C[C@@H](C(=O)N2CCC[C@H]2Cn2cccn2)CN1Cc1ccco1. The van der Waals surface area contributed by atoms with Gasteiger partial charge in [0.15, 0.2) is 0 Å². The van der Waals surface area contributed by atoms with E-state index in [4.69, 9.17) is 4.42 Å². The Morgan fingerprint density at radius 3 is 3.04 bits per heavy atom. The molecule has 4 rings (SSSR count). The van der Waals surface area contributed by atoms with Crippen LogP contribution < -0.4 is 0 Å². The van der Waals surface area contributed by atoms with E-state index in [0.29, 0.717) is 19.5 Å². The number of carbonyl (C=O) groups excluding carboxylic acids is 2. The van der Waals surface area contributed by atoms with E-state index in [0.717, 1.165) is 31.7 Å². The van der Waals surface area contributed by atoms with Crippen LogP contribution in [0.3, 0.4) is 0 Å². The van der Waals surface area contributed by atoms with Crippen LogP contribution in [-0.4, -0.2) is 50.5 Å². The topological polar surface area (TPSA) is 71.6 Å². The fourth-order valence-corrected chi connectivity index (χ4v) is 3.86. The Balaban J connectivity index is 1.39. The van der Waals surface area contributed by atoms with E-state index >= 15 is 0 Å². The van der Waals surface area contributed by atoms with Crippen molar-refractivity contribution in [2.45, 2.75) is 38.4 Å². The van der Waals surface area contributed by atoms with Crippen LogP contribution in [-0.2, 0) is 22.7 Å². The lowest BCUT2D eigenvalue weighted by Crippen LogP contribution is -2.42. The van der Waals surface area contributed by atoms with Gasteiger partial charge < -0.3 is 14.2 Å². The first-order chi connectivity index (χ1) is 12.2. The maximum absolute atomic E-state index is 13.0. The number of hydrogen-bond donors (Lipinski definition) is 0. The standard InChI is InChI=1S/C18H22N4O3/c23-17-10-14(11-20(17)13-16-5-2-9-25-16)18(24)22-8-1-4-15(22)12-21-7-3-6-19-21/h2-3,5-7,9,14-15H,1,4,8,10-13H2/t14-,15+/m1/s1. The summed E-state index contributed by atoms with van der Waals surface area (Å²) >= 11 is 0. The third-order valence-electron chi connectivity index (χ3n) is 5.11. The zero-order valence-corrected chi connectivity index (χ0v) is 14.1. The van der Waals surface area contributed by atoms with Crippen LogP contribution in [0.4, 0.5) is 0 Å². The molecule has 2 amide bonds. The second-order valence-corrected chi connectivity index (χ2v) is 6.81. The van der Waals surface area contributed by atoms with E-state index in [1.165, 1.54) is 0 Å². The van der Waals surface area contributed by atoms with Crippen LogP contribution in [0.25, 0.3) is 0 Å². The molecule has 2 aromatic rings. The Kier molecular flexibility index (Phi) is 4.29. The van der Waals surface area contributed by atoms with Crippen molar-refractivity contribution >= 4 is 11.8 Å². The minimum absolute atomic E-state index is 0.0255. The Morgan fingerprint density at radius 1 is 1.36 bits per heavy atom. The summed E-state index contributed by atoms with van der Waals surface area (Å²) in [5, 5.41) is 4.24. The Morgan fingerprint density at radius 2 is 2.28 bits per heavy atom. The van der Waals surface area contributed by atoms with Crippen molar-refractivity contribution < 1.29 is 14.0 Å². The molecule has 0 spiro atoms. The highest BCUT2D eigenvalue weighted by molar-refractivity contribution is 5.89. The highest BCUT2D eigenvalue weighted by Gasteiger charge is 2.40. The van der Waals surface area contributed by atoms with Gasteiger partial charge in [0, 0.05) is 31.9 Å². The first-order valence-electron chi connectivity index (χ1n) is 8.79. The van der Waals surface area contributed by atoms with Crippen LogP contribution in [0.1, 0.15) is 25.0 Å². The van der Waals surface area contributed by atoms with Gasteiger partial charge in [-0.1, -0.05) is 0 Å². The van der Waals surface area contributed by atoms with E-state index in [9.17, 15) is 9.59 Å². The van der Waals surface area contributed by atoms with E-state index in [-0.39, 0.29) is 23.8 Å². The van der Waals surface area contributed by atoms with Gasteiger partial charge in [-0.2, -0.15) is 5.10 Å². The molecule has 0 aromatic carbocycles. The molecule has 0 radical (unpaired) electrons. The van der Waals surface area contributed by atoms with Crippen molar-refractivity contribution in [3.05, 3.63) is 42.6 Å². The molecule has 0 aliphatic carbocycles. The van der Waals surface area contributed by atoms with Gasteiger partial charge in [0.2, 0.25) is 11.8 Å². The maximum atomic E-state index is 13.0. The van der Waals surface area contributed by atoms with Gasteiger partial charge in [0.25, 0.3) is 0 Å². The molecule has 0 bridgehead atoms. The minimum Gasteiger partial charge on any atom is -0.467 e. The Bertz CT molecular complexity index is 726. The van der Waals surface area contributed by atoms with Crippen molar-refractivity contribution in [3.8, 4) is 0 Å². The van der Waals surface area contributed by atoms with Gasteiger partial charge in [-0.3, -0.25) is 14.3 Å². The summed E-state index contributed by atoms with van der Waals surface area (Å²) in [6.45, 7) is 2.40. The van der Waals surface area contributed by atoms with Gasteiger partial charge in [0.05, 0.1) is 31.3 Å². The number of aromatic nitrogens is 2. The minimum atomic E-state index is -0.249. The molecule has 132 valence electrons.